The number of Topliss-reactive ketones (excluding diaryl/α,β-unsaturated/α-hetero) is 1. The van der Waals surface area contributed by atoms with Crippen LogP contribution in [0.5, 0.6) is 0 Å². The van der Waals surface area contributed by atoms with Crippen molar-refractivity contribution in [3.05, 3.63) is 24.3 Å². The molecule has 11 nitrogen and oxygen atoms in total. The first-order chi connectivity index (χ1) is 15.2. The van der Waals surface area contributed by atoms with Crippen molar-refractivity contribution >= 4 is 45.4 Å². The zero-order chi connectivity index (χ0) is 23.3. The number of halogens is 1. The number of methoxy groups -OCH3 is 1. The molecule has 0 spiro atoms. The first kappa shape index (κ1) is 23.5. The number of ketones is 1. The van der Waals surface area contributed by atoms with Crippen LogP contribution in [0.1, 0.15) is 6.42 Å². The molecule has 1 amide bonds. The van der Waals surface area contributed by atoms with E-state index in [2.05, 4.69) is 4.99 Å². The molecule has 6 unspecified atom stereocenters. The number of fused-ring (bicyclic) bond motifs is 1. The highest BCUT2D eigenvalue weighted by Gasteiger charge is 2.69. The van der Waals surface area contributed by atoms with E-state index in [9.17, 15) is 14.7 Å². The Morgan fingerprint density at radius 2 is 2.16 bits per heavy atom. The van der Waals surface area contributed by atoms with Crippen LogP contribution in [0, 0.1) is 0 Å². The van der Waals surface area contributed by atoms with Gasteiger partial charge in [0, 0.05) is 17.6 Å². The number of carbonyl (C=O) groups is 2. The monoisotopic (exact) mass is 488 g/mol. The lowest BCUT2D eigenvalue weighted by molar-refractivity contribution is -0.254. The molecular weight excluding hydrogens is 464 g/mol. The number of nitrogens with zero attached hydrogens (tertiary/aromatic N) is 2. The molecule has 6 atom stereocenters. The molecule has 3 aliphatic heterocycles. The molecule has 2 saturated heterocycles. The standard InChI is InChI=1S/C19H25ClN4O7S/c1-28-16-19(22,14(21)26)24(29-2)15(31-16)18(9-30-17(27,8-20)7-13(18)25)32-10-23-11-5-3-4-6-12(11)32/h3-6,10,15-16,27,32H,7-9,22H2,1-2H3,(H2,21,26). The predicted octanol–water partition coefficient (Wildman–Crippen LogP) is -0.292. The number of hydroxylamine groups is 2. The number of primary amides is 1. The van der Waals surface area contributed by atoms with Crippen LogP contribution in [0.3, 0.4) is 0 Å². The van der Waals surface area contributed by atoms with Crippen molar-refractivity contribution in [3.63, 3.8) is 0 Å². The van der Waals surface area contributed by atoms with E-state index in [0.29, 0.717) is 5.69 Å². The molecule has 2 fully saturated rings. The van der Waals surface area contributed by atoms with Crippen molar-refractivity contribution in [2.75, 3.05) is 26.7 Å². The number of amides is 1. The Hall–Kier alpha value is -1.61. The second-order valence-electron chi connectivity index (χ2n) is 7.75. The van der Waals surface area contributed by atoms with Crippen LogP contribution in [0.15, 0.2) is 34.2 Å². The summed E-state index contributed by atoms with van der Waals surface area (Å²) in [6.07, 6.45) is -2.99. The molecular formula is C19H25ClN4O7S. The smallest absolute Gasteiger partial charge is 0.260 e. The molecule has 176 valence electrons. The van der Waals surface area contributed by atoms with Crippen molar-refractivity contribution < 1.29 is 33.7 Å². The molecule has 32 heavy (non-hydrogen) atoms. The molecule has 0 saturated carbocycles. The number of benzene rings is 1. The van der Waals surface area contributed by atoms with E-state index in [1.165, 1.54) is 14.2 Å². The van der Waals surface area contributed by atoms with Crippen molar-refractivity contribution in [1.82, 2.24) is 5.06 Å². The number of para-hydroxylation sites is 1. The molecule has 0 aliphatic carbocycles. The van der Waals surface area contributed by atoms with E-state index in [4.69, 9.17) is 42.1 Å². The fourth-order valence-electron chi connectivity index (χ4n) is 4.26. The molecule has 0 aromatic heterocycles. The molecule has 5 N–H and O–H groups in total. The number of thiol groups is 1. The number of nitrogens with two attached hydrogens (primary N) is 2. The number of rotatable bonds is 6. The highest BCUT2D eigenvalue weighted by molar-refractivity contribution is 8.30. The zero-order valence-electron chi connectivity index (χ0n) is 17.4. The Morgan fingerprint density at radius 3 is 2.75 bits per heavy atom. The fourth-order valence-corrected chi connectivity index (χ4v) is 7.01. The lowest BCUT2D eigenvalue weighted by Crippen LogP contribution is -2.71. The maximum Gasteiger partial charge on any atom is 0.260 e. The average molecular weight is 489 g/mol. The normalized spacial score (nSPS) is 40.5. The van der Waals surface area contributed by atoms with Gasteiger partial charge in [-0.1, -0.05) is 12.1 Å². The summed E-state index contributed by atoms with van der Waals surface area (Å²) >= 11 is 5.85. The van der Waals surface area contributed by atoms with Gasteiger partial charge in [0.05, 0.1) is 31.7 Å². The number of hydrogen-bond donors (Lipinski definition) is 4. The number of aliphatic hydroxyl groups is 1. The molecule has 3 heterocycles. The van der Waals surface area contributed by atoms with Gasteiger partial charge in [0.25, 0.3) is 5.91 Å². The third-order valence-electron chi connectivity index (χ3n) is 5.98. The van der Waals surface area contributed by atoms with Gasteiger partial charge >= 0.3 is 0 Å². The van der Waals surface area contributed by atoms with Crippen LogP contribution in [0.25, 0.3) is 0 Å². The van der Waals surface area contributed by atoms with Crippen molar-refractivity contribution in [2.24, 2.45) is 16.5 Å². The molecule has 3 aliphatic rings. The minimum atomic E-state index is -2.03. The summed E-state index contributed by atoms with van der Waals surface area (Å²) in [4.78, 5) is 36.9. The SMILES string of the molecule is COC1OC(C2([SH]3C=Nc4ccccc43)COC(O)(CCl)CC2=O)N(OC)C1(N)C(N)=O. The van der Waals surface area contributed by atoms with Crippen molar-refractivity contribution in [3.8, 4) is 0 Å². The lowest BCUT2D eigenvalue weighted by atomic mass is 9.92. The van der Waals surface area contributed by atoms with Crippen molar-refractivity contribution in [2.45, 2.75) is 40.0 Å². The summed E-state index contributed by atoms with van der Waals surface area (Å²) in [6.45, 7) is -0.295. The number of carbonyl (C=O) groups excluding carboxylic acids is 2. The number of hydrogen-bond acceptors (Lipinski definition) is 10. The zero-order valence-corrected chi connectivity index (χ0v) is 19.1. The maximum absolute atomic E-state index is 13.8. The van der Waals surface area contributed by atoms with E-state index < -0.39 is 57.7 Å². The predicted molar refractivity (Wildman–Crippen MR) is 116 cm³/mol. The minimum absolute atomic E-state index is 0.295. The fraction of sp³-hybridized carbons (Fsp3) is 0.526. The lowest BCUT2D eigenvalue weighted by Gasteiger charge is -2.50. The maximum atomic E-state index is 13.8. The van der Waals surface area contributed by atoms with Crippen molar-refractivity contribution in [1.29, 1.82) is 0 Å². The van der Waals surface area contributed by atoms with E-state index in [-0.39, 0.29) is 12.5 Å². The van der Waals surface area contributed by atoms with Gasteiger partial charge in [-0.05, 0) is 12.1 Å². The van der Waals surface area contributed by atoms with Crippen LogP contribution in [-0.2, 0) is 28.6 Å². The Balaban J connectivity index is 1.87. The molecule has 1 aromatic rings. The van der Waals surface area contributed by atoms with E-state index in [1.807, 2.05) is 24.3 Å². The van der Waals surface area contributed by atoms with Gasteiger partial charge < -0.3 is 25.1 Å². The molecule has 4 rings (SSSR count). The van der Waals surface area contributed by atoms with Gasteiger partial charge in [-0.3, -0.25) is 25.2 Å². The van der Waals surface area contributed by atoms with Crippen LogP contribution in [0.2, 0.25) is 0 Å². The third-order valence-corrected chi connectivity index (χ3v) is 9.10. The van der Waals surface area contributed by atoms with Gasteiger partial charge in [-0.25, -0.2) is 0 Å². The van der Waals surface area contributed by atoms with E-state index in [0.717, 1.165) is 9.96 Å². The molecule has 0 bridgehead atoms. The summed E-state index contributed by atoms with van der Waals surface area (Å²) in [6, 6.07) is 7.34. The highest BCUT2D eigenvalue weighted by Crippen LogP contribution is 2.60. The Labute approximate surface area is 191 Å². The van der Waals surface area contributed by atoms with Crippen LogP contribution >= 0.6 is 22.5 Å². The number of alkyl halides is 1. The van der Waals surface area contributed by atoms with Crippen LogP contribution in [0.4, 0.5) is 5.69 Å². The second kappa shape index (κ2) is 8.31. The number of aliphatic imine (C=N–C) groups is 1. The van der Waals surface area contributed by atoms with Gasteiger partial charge in [0.1, 0.15) is 4.75 Å². The largest absolute Gasteiger partial charge is 0.367 e. The van der Waals surface area contributed by atoms with Gasteiger partial charge in [-0.15, -0.1) is 16.7 Å². The summed E-state index contributed by atoms with van der Waals surface area (Å²) < 4.78 is 15.6. The first-order valence-electron chi connectivity index (χ1n) is 9.66. The topological polar surface area (TPSA) is 159 Å². The third kappa shape index (κ3) is 3.22. The summed E-state index contributed by atoms with van der Waals surface area (Å²) in [5.74, 6) is -3.52. The average Bonchev–Trinajstić information content (AvgIpc) is 3.34. The van der Waals surface area contributed by atoms with Crippen LogP contribution in [-0.4, -0.2) is 82.8 Å². The molecule has 1 aromatic carbocycles. The second-order valence-corrected chi connectivity index (χ2v) is 10.3. The van der Waals surface area contributed by atoms with Gasteiger partial charge in [0.15, 0.2) is 17.8 Å². The Kier molecular flexibility index (Phi) is 6.11. The van der Waals surface area contributed by atoms with E-state index >= 15 is 0 Å². The highest BCUT2D eigenvalue weighted by atomic mass is 35.5. The summed E-state index contributed by atoms with van der Waals surface area (Å²) in [7, 11) is 1.06. The Morgan fingerprint density at radius 1 is 1.44 bits per heavy atom. The summed E-state index contributed by atoms with van der Waals surface area (Å²) in [5, 5.41) is 11.6. The quantitative estimate of drug-likeness (QED) is 0.311. The van der Waals surface area contributed by atoms with E-state index in [1.54, 1.807) is 5.55 Å². The van der Waals surface area contributed by atoms with Gasteiger partial charge in [-0.2, -0.15) is 10.9 Å². The molecule has 13 heteroatoms. The van der Waals surface area contributed by atoms with Gasteiger partial charge in [0.2, 0.25) is 12.0 Å². The Bertz CT molecular complexity index is 969. The summed E-state index contributed by atoms with van der Waals surface area (Å²) in [5.41, 5.74) is 12.2. The van der Waals surface area contributed by atoms with Crippen LogP contribution < -0.4 is 11.5 Å². The first-order valence-corrected chi connectivity index (χ1v) is 11.6. The number of ether oxygens (including phenoxy) is 3. The molecule has 0 radical (unpaired) electrons. The minimum Gasteiger partial charge on any atom is -0.367 e.